The molecule has 4 aromatic rings. The Labute approximate surface area is 193 Å². The highest BCUT2D eigenvalue weighted by Gasteiger charge is 2.28. The van der Waals surface area contributed by atoms with Crippen LogP contribution in [0.4, 0.5) is 5.69 Å². The minimum atomic E-state index is -3.58. The molecule has 0 radical (unpaired) electrons. The molecule has 0 unspecified atom stereocenters. The molecule has 33 heavy (non-hydrogen) atoms. The van der Waals surface area contributed by atoms with Crippen molar-refractivity contribution in [1.82, 2.24) is 4.31 Å². The van der Waals surface area contributed by atoms with Gasteiger partial charge in [0.1, 0.15) is 0 Å². The third-order valence-corrected chi connectivity index (χ3v) is 7.99. The van der Waals surface area contributed by atoms with Crippen LogP contribution >= 0.6 is 0 Å². The number of nitrogens with one attached hydrogen (secondary N) is 1. The van der Waals surface area contributed by atoms with Gasteiger partial charge in [-0.25, -0.2) is 8.42 Å². The van der Waals surface area contributed by atoms with Gasteiger partial charge in [-0.3, -0.25) is 4.79 Å². The van der Waals surface area contributed by atoms with Crippen LogP contribution in [0.2, 0.25) is 0 Å². The second kappa shape index (κ2) is 8.46. The zero-order valence-corrected chi connectivity index (χ0v) is 19.1. The van der Waals surface area contributed by atoms with Crippen molar-refractivity contribution in [3.05, 3.63) is 107 Å². The van der Waals surface area contributed by atoms with E-state index in [4.69, 9.17) is 0 Å². The van der Waals surface area contributed by atoms with Crippen LogP contribution < -0.4 is 5.32 Å². The van der Waals surface area contributed by atoms with E-state index in [1.807, 2.05) is 79.7 Å². The summed E-state index contributed by atoms with van der Waals surface area (Å²) in [7, 11) is -3.58. The molecule has 0 aromatic heterocycles. The molecule has 0 aliphatic carbocycles. The lowest BCUT2D eigenvalue weighted by atomic mass is 10.00. The average molecular weight is 457 g/mol. The molecule has 1 heterocycles. The number of carbonyl (C=O) groups is 1. The summed E-state index contributed by atoms with van der Waals surface area (Å²) < 4.78 is 27.8. The van der Waals surface area contributed by atoms with Gasteiger partial charge in [-0.05, 0) is 65.6 Å². The zero-order valence-electron chi connectivity index (χ0n) is 18.3. The molecule has 0 atom stereocenters. The third kappa shape index (κ3) is 4.15. The summed E-state index contributed by atoms with van der Waals surface area (Å²) in [6.07, 6.45) is 0.637. The molecule has 1 amide bonds. The van der Waals surface area contributed by atoms with Gasteiger partial charge in [0.2, 0.25) is 10.0 Å². The number of carbonyl (C=O) groups excluding carboxylic acids is 1. The van der Waals surface area contributed by atoms with Gasteiger partial charge in [0, 0.05) is 24.3 Å². The van der Waals surface area contributed by atoms with Gasteiger partial charge in [-0.2, -0.15) is 4.31 Å². The summed E-state index contributed by atoms with van der Waals surface area (Å²) in [6, 6.07) is 26.1. The quantitative estimate of drug-likeness (QED) is 0.462. The van der Waals surface area contributed by atoms with Crippen LogP contribution in [0, 0.1) is 6.92 Å². The largest absolute Gasteiger partial charge is 0.322 e. The van der Waals surface area contributed by atoms with Crippen molar-refractivity contribution in [1.29, 1.82) is 0 Å². The smallest absolute Gasteiger partial charge is 0.256 e. The van der Waals surface area contributed by atoms with E-state index in [9.17, 15) is 13.2 Å². The van der Waals surface area contributed by atoms with Gasteiger partial charge in [0.15, 0.2) is 0 Å². The number of aryl methyl sites for hydroxylation is 1. The van der Waals surface area contributed by atoms with Gasteiger partial charge < -0.3 is 5.32 Å². The van der Waals surface area contributed by atoms with Crippen molar-refractivity contribution in [3.8, 4) is 0 Å². The van der Waals surface area contributed by atoms with Crippen molar-refractivity contribution >= 4 is 32.4 Å². The van der Waals surface area contributed by atoms with E-state index in [1.54, 1.807) is 12.1 Å². The summed E-state index contributed by atoms with van der Waals surface area (Å²) in [6.45, 7) is 2.65. The van der Waals surface area contributed by atoms with E-state index in [2.05, 4.69) is 5.32 Å². The number of hydrogen-bond acceptors (Lipinski definition) is 3. The van der Waals surface area contributed by atoms with Crippen molar-refractivity contribution in [2.75, 3.05) is 11.9 Å². The van der Waals surface area contributed by atoms with Crippen LogP contribution in [0.1, 0.15) is 27.0 Å². The Morgan fingerprint density at radius 3 is 2.45 bits per heavy atom. The fourth-order valence-corrected chi connectivity index (χ4v) is 5.71. The van der Waals surface area contributed by atoms with Crippen molar-refractivity contribution in [2.45, 2.75) is 24.8 Å². The van der Waals surface area contributed by atoms with Crippen LogP contribution in [0.15, 0.2) is 89.8 Å². The van der Waals surface area contributed by atoms with Gasteiger partial charge >= 0.3 is 0 Å². The Morgan fingerprint density at radius 2 is 1.64 bits per heavy atom. The predicted molar refractivity (Wildman–Crippen MR) is 131 cm³/mol. The zero-order chi connectivity index (χ0) is 23.0. The minimum absolute atomic E-state index is 0.188. The number of benzene rings is 4. The first-order chi connectivity index (χ1) is 15.9. The van der Waals surface area contributed by atoms with E-state index in [1.165, 1.54) is 4.31 Å². The van der Waals surface area contributed by atoms with Crippen LogP contribution in [0.5, 0.6) is 0 Å². The third-order valence-electron chi connectivity index (χ3n) is 6.13. The number of rotatable bonds is 4. The molecule has 0 saturated heterocycles. The lowest BCUT2D eigenvalue weighted by Gasteiger charge is -2.28. The maximum atomic E-state index is 13.1. The Balaban J connectivity index is 1.39. The van der Waals surface area contributed by atoms with Crippen LogP contribution in [-0.4, -0.2) is 25.2 Å². The normalized spacial score (nSPS) is 14.1. The number of fused-ring (bicyclic) bond motifs is 2. The highest BCUT2D eigenvalue weighted by molar-refractivity contribution is 7.89. The predicted octanol–water partition coefficient (Wildman–Crippen LogP) is 5.15. The van der Waals surface area contributed by atoms with Crippen molar-refractivity contribution in [2.24, 2.45) is 0 Å². The first-order valence-electron chi connectivity index (χ1n) is 10.9. The first-order valence-corrected chi connectivity index (χ1v) is 12.3. The van der Waals surface area contributed by atoms with Gasteiger partial charge in [0.05, 0.1) is 4.90 Å². The summed E-state index contributed by atoms with van der Waals surface area (Å²) in [5.74, 6) is -0.188. The summed E-state index contributed by atoms with van der Waals surface area (Å²) in [5, 5.41) is 4.89. The molecule has 5 nitrogen and oxygen atoms in total. The van der Waals surface area contributed by atoms with Gasteiger partial charge in [-0.15, -0.1) is 0 Å². The Kier molecular flexibility index (Phi) is 5.48. The maximum Gasteiger partial charge on any atom is 0.256 e. The Morgan fingerprint density at radius 1 is 0.879 bits per heavy atom. The van der Waals surface area contributed by atoms with Crippen LogP contribution in [0.25, 0.3) is 10.8 Å². The maximum absolute atomic E-state index is 13.1. The summed E-state index contributed by atoms with van der Waals surface area (Å²) >= 11 is 0. The van der Waals surface area contributed by atoms with Crippen LogP contribution in [-0.2, 0) is 23.0 Å². The van der Waals surface area contributed by atoms with E-state index in [0.29, 0.717) is 29.1 Å². The second-order valence-corrected chi connectivity index (χ2v) is 10.3. The molecule has 0 fully saturated rings. The van der Waals surface area contributed by atoms with E-state index >= 15 is 0 Å². The van der Waals surface area contributed by atoms with E-state index in [0.717, 1.165) is 27.5 Å². The molecule has 1 aliphatic rings. The molecule has 1 aliphatic heterocycles. The molecule has 5 rings (SSSR count). The fourth-order valence-electron chi connectivity index (χ4n) is 4.30. The lowest BCUT2D eigenvalue weighted by molar-refractivity contribution is 0.102. The van der Waals surface area contributed by atoms with Crippen molar-refractivity contribution in [3.63, 3.8) is 0 Å². The van der Waals surface area contributed by atoms with E-state index < -0.39 is 10.0 Å². The molecular formula is C27H24N2O3S. The number of anilines is 1. The van der Waals surface area contributed by atoms with E-state index in [-0.39, 0.29) is 12.5 Å². The average Bonchev–Trinajstić information content (AvgIpc) is 2.83. The SMILES string of the molecule is Cc1ccc(S(=O)(=O)N2CCc3ccc(NC(=O)c4cccc5ccccc45)cc3C2)cc1. The summed E-state index contributed by atoms with van der Waals surface area (Å²) in [4.78, 5) is 13.3. The monoisotopic (exact) mass is 456 g/mol. The molecule has 166 valence electrons. The molecular weight excluding hydrogens is 432 g/mol. The summed E-state index contributed by atoms with van der Waals surface area (Å²) in [5.41, 5.74) is 4.29. The first kappa shape index (κ1) is 21.4. The fraction of sp³-hybridized carbons (Fsp3) is 0.148. The Hall–Kier alpha value is -3.48. The number of sulfonamides is 1. The molecule has 0 saturated carbocycles. The van der Waals surface area contributed by atoms with Crippen molar-refractivity contribution < 1.29 is 13.2 Å². The van der Waals surface area contributed by atoms with Gasteiger partial charge in [-0.1, -0.05) is 60.2 Å². The minimum Gasteiger partial charge on any atom is -0.322 e. The standard InChI is InChI=1S/C27H24N2O3S/c1-19-9-13-24(14-10-19)33(31,32)29-16-15-20-11-12-23(17-22(20)18-29)28-27(30)26-8-4-6-21-5-2-3-7-25(21)26/h2-14,17H,15-16,18H2,1H3,(H,28,30). The molecule has 1 N–H and O–H groups in total. The number of nitrogens with zero attached hydrogens (tertiary/aromatic N) is 1. The number of hydrogen-bond donors (Lipinski definition) is 1. The van der Waals surface area contributed by atoms with Crippen LogP contribution in [0.3, 0.4) is 0 Å². The highest BCUT2D eigenvalue weighted by atomic mass is 32.2. The lowest BCUT2D eigenvalue weighted by Crippen LogP contribution is -2.36. The highest BCUT2D eigenvalue weighted by Crippen LogP contribution is 2.28. The molecule has 0 bridgehead atoms. The molecule has 0 spiro atoms. The molecule has 6 heteroatoms. The topological polar surface area (TPSA) is 66.5 Å². The molecule has 4 aromatic carbocycles. The van der Waals surface area contributed by atoms with Gasteiger partial charge in [0.25, 0.3) is 5.91 Å². The number of amides is 1. The Bertz CT molecular complexity index is 1460. The second-order valence-electron chi connectivity index (χ2n) is 8.37.